The summed E-state index contributed by atoms with van der Waals surface area (Å²) in [7, 11) is 0. The quantitative estimate of drug-likeness (QED) is 0.313. The van der Waals surface area contributed by atoms with E-state index in [1.165, 1.54) is 11.0 Å². The van der Waals surface area contributed by atoms with Gasteiger partial charge in [0.05, 0.1) is 6.10 Å². The maximum atomic E-state index is 14.8. The Hall–Kier alpha value is -4.41. The molecule has 3 aromatic carbocycles. The lowest BCUT2D eigenvalue weighted by Crippen LogP contribution is -2.53. The zero-order valence-corrected chi connectivity index (χ0v) is 22.9. The van der Waals surface area contributed by atoms with Gasteiger partial charge in [-0.1, -0.05) is 65.8 Å². The standard InChI is InChI=1S/C32H31FN4O5/c33-27-18-24(10-11-26(27)22-4-2-1-3-5-22)29-34-28(35-42-29)23-8-6-21(7-9-23)19-36-16-13-32(14-17-36,31(40)41)30(39)37-15-12-25(38)20-37/h1-11,18,25,38H,12-17,19-20H2,(H,40,41). The molecular weight excluding hydrogens is 539 g/mol. The molecule has 2 aliphatic rings. The van der Waals surface area contributed by atoms with Crippen LogP contribution in [0, 0.1) is 11.2 Å². The lowest BCUT2D eigenvalue weighted by molar-refractivity contribution is -0.164. The van der Waals surface area contributed by atoms with E-state index in [9.17, 15) is 24.2 Å². The third kappa shape index (κ3) is 5.43. The number of likely N-dealkylation sites (tertiary alicyclic amines) is 2. The number of rotatable bonds is 7. The summed E-state index contributed by atoms with van der Waals surface area (Å²) in [6, 6.07) is 21.8. The molecule has 0 aliphatic carbocycles. The minimum absolute atomic E-state index is 0.198. The molecule has 3 heterocycles. The predicted octanol–water partition coefficient (Wildman–Crippen LogP) is 4.47. The molecule has 0 saturated carbocycles. The number of aromatic nitrogens is 2. The molecule has 2 N–H and O–H groups in total. The van der Waals surface area contributed by atoms with Crippen LogP contribution in [0.2, 0.25) is 0 Å². The highest BCUT2D eigenvalue weighted by atomic mass is 19.1. The molecule has 216 valence electrons. The number of piperidine rings is 1. The molecule has 0 radical (unpaired) electrons. The van der Waals surface area contributed by atoms with Crippen LogP contribution in [0.3, 0.4) is 0 Å². The summed E-state index contributed by atoms with van der Waals surface area (Å²) in [5.41, 5.74) is 2.11. The number of aliphatic hydroxyl groups excluding tert-OH is 1. The molecule has 1 amide bonds. The van der Waals surface area contributed by atoms with Gasteiger partial charge in [-0.25, -0.2) is 4.39 Å². The number of carboxylic acids is 1. The lowest BCUT2D eigenvalue weighted by atomic mass is 9.77. The van der Waals surface area contributed by atoms with E-state index in [0.717, 1.165) is 16.7 Å². The number of carboxylic acid groups (broad SMARTS) is 1. The minimum atomic E-state index is -1.44. The van der Waals surface area contributed by atoms with Gasteiger partial charge in [0.2, 0.25) is 11.7 Å². The number of β-amino-alcohol motifs (C(OH)–C–C–N with tert-alkyl or cyclic N) is 1. The van der Waals surface area contributed by atoms with Gasteiger partial charge in [-0.05, 0) is 42.5 Å². The van der Waals surface area contributed by atoms with Crippen molar-refractivity contribution in [3.8, 4) is 34.0 Å². The Kier molecular flexibility index (Phi) is 7.57. The van der Waals surface area contributed by atoms with Crippen molar-refractivity contribution in [2.45, 2.75) is 31.9 Å². The fourth-order valence-electron chi connectivity index (χ4n) is 5.82. The van der Waals surface area contributed by atoms with E-state index in [4.69, 9.17) is 4.52 Å². The van der Waals surface area contributed by atoms with Crippen molar-refractivity contribution >= 4 is 11.9 Å². The zero-order chi connectivity index (χ0) is 29.3. The second-order valence-corrected chi connectivity index (χ2v) is 11.0. The first kappa shape index (κ1) is 27.7. The van der Waals surface area contributed by atoms with Gasteiger partial charge in [0.25, 0.3) is 5.89 Å². The predicted molar refractivity (Wildman–Crippen MR) is 152 cm³/mol. The molecule has 2 aliphatic heterocycles. The monoisotopic (exact) mass is 570 g/mol. The van der Waals surface area contributed by atoms with Crippen LogP contribution in [0.5, 0.6) is 0 Å². The number of amides is 1. The number of nitrogens with zero attached hydrogens (tertiary/aromatic N) is 4. The van der Waals surface area contributed by atoms with Crippen LogP contribution < -0.4 is 0 Å². The van der Waals surface area contributed by atoms with Crippen LogP contribution in [0.15, 0.2) is 77.3 Å². The van der Waals surface area contributed by atoms with Crippen LogP contribution in [0.4, 0.5) is 4.39 Å². The van der Waals surface area contributed by atoms with E-state index in [2.05, 4.69) is 15.0 Å². The van der Waals surface area contributed by atoms with Gasteiger partial charge in [0, 0.05) is 49.4 Å². The van der Waals surface area contributed by atoms with Crippen molar-refractivity contribution in [2.75, 3.05) is 26.2 Å². The van der Waals surface area contributed by atoms with Crippen molar-refractivity contribution < 1.29 is 28.7 Å². The fourth-order valence-corrected chi connectivity index (χ4v) is 5.82. The Morgan fingerprint density at radius 2 is 1.67 bits per heavy atom. The second-order valence-electron chi connectivity index (χ2n) is 11.0. The van der Waals surface area contributed by atoms with Crippen molar-refractivity contribution in [2.24, 2.45) is 5.41 Å². The molecule has 9 nitrogen and oxygen atoms in total. The number of carbonyl (C=O) groups is 2. The third-order valence-electron chi connectivity index (χ3n) is 8.32. The zero-order valence-electron chi connectivity index (χ0n) is 22.9. The normalized spacial score (nSPS) is 18.7. The van der Waals surface area contributed by atoms with Gasteiger partial charge < -0.3 is 19.6 Å². The molecule has 42 heavy (non-hydrogen) atoms. The van der Waals surface area contributed by atoms with Crippen LogP contribution in [-0.4, -0.2) is 74.3 Å². The highest BCUT2D eigenvalue weighted by Crippen LogP contribution is 2.36. The number of hydrogen-bond acceptors (Lipinski definition) is 7. The number of benzene rings is 3. The number of aliphatic carboxylic acids is 1. The molecule has 6 rings (SSSR count). The van der Waals surface area contributed by atoms with Crippen molar-refractivity contribution in [3.05, 3.63) is 84.2 Å². The number of hydrogen-bond donors (Lipinski definition) is 2. The van der Waals surface area contributed by atoms with Crippen LogP contribution in [0.25, 0.3) is 34.0 Å². The topological polar surface area (TPSA) is 120 Å². The lowest BCUT2D eigenvalue weighted by Gasteiger charge is -2.39. The summed E-state index contributed by atoms with van der Waals surface area (Å²) >= 11 is 0. The summed E-state index contributed by atoms with van der Waals surface area (Å²) in [6.45, 7) is 2.15. The largest absolute Gasteiger partial charge is 0.480 e. The summed E-state index contributed by atoms with van der Waals surface area (Å²) in [6.07, 6.45) is 0.348. The summed E-state index contributed by atoms with van der Waals surface area (Å²) in [5.74, 6) is -1.24. The van der Waals surface area contributed by atoms with Gasteiger partial charge in [-0.2, -0.15) is 4.98 Å². The van der Waals surface area contributed by atoms with E-state index in [0.29, 0.717) is 49.6 Å². The van der Waals surface area contributed by atoms with Gasteiger partial charge >= 0.3 is 5.97 Å². The average Bonchev–Trinajstić information content (AvgIpc) is 3.68. The van der Waals surface area contributed by atoms with Gasteiger partial charge in [-0.3, -0.25) is 14.5 Å². The first-order valence-electron chi connectivity index (χ1n) is 14.0. The molecule has 4 aromatic rings. The third-order valence-corrected chi connectivity index (χ3v) is 8.32. The van der Waals surface area contributed by atoms with Crippen LogP contribution >= 0.6 is 0 Å². The highest BCUT2D eigenvalue weighted by Gasteiger charge is 2.50. The maximum Gasteiger partial charge on any atom is 0.319 e. The number of aliphatic hydroxyl groups is 1. The molecule has 1 aromatic heterocycles. The minimum Gasteiger partial charge on any atom is -0.480 e. The van der Waals surface area contributed by atoms with Gasteiger partial charge in [-0.15, -0.1) is 0 Å². The van der Waals surface area contributed by atoms with E-state index in [1.54, 1.807) is 12.1 Å². The molecule has 1 unspecified atom stereocenters. The average molecular weight is 571 g/mol. The molecule has 1 atom stereocenters. The van der Waals surface area contributed by atoms with E-state index < -0.39 is 17.5 Å². The molecule has 0 spiro atoms. The summed E-state index contributed by atoms with van der Waals surface area (Å²) < 4.78 is 20.3. The van der Waals surface area contributed by atoms with Crippen molar-refractivity contribution in [3.63, 3.8) is 0 Å². The maximum absolute atomic E-state index is 14.8. The fraction of sp³-hybridized carbons (Fsp3) is 0.312. The molecule has 2 fully saturated rings. The second kappa shape index (κ2) is 11.5. The molecular formula is C32H31FN4O5. The van der Waals surface area contributed by atoms with Gasteiger partial charge in [0.1, 0.15) is 11.2 Å². The highest BCUT2D eigenvalue weighted by molar-refractivity contribution is 6.02. The van der Waals surface area contributed by atoms with Gasteiger partial charge in [0.15, 0.2) is 0 Å². The number of halogens is 1. The van der Waals surface area contributed by atoms with Crippen LogP contribution in [0.1, 0.15) is 24.8 Å². The number of carbonyl (C=O) groups excluding carboxylic acids is 1. The molecule has 2 saturated heterocycles. The Balaban J connectivity index is 1.09. The first-order chi connectivity index (χ1) is 20.3. The smallest absolute Gasteiger partial charge is 0.319 e. The molecule has 10 heteroatoms. The SMILES string of the molecule is O=C(O)C1(C(=O)N2CCC(O)C2)CCN(Cc2ccc(-c3noc(-c4ccc(-c5ccccc5)c(F)c4)n3)cc2)CC1. The van der Waals surface area contributed by atoms with E-state index in [1.807, 2.05) is 54.6 Å². The summed E-state index contributed by atoms with van der Waals surface area (Å²) in [5, 5.41) is 23.9. The Morgan fingerprint density at radius 3 is 2.31 bits per heavy atom. The Morgan fingerprint density at radius 1 is 0.952 bits per heavy atom. The van der Waals surface area contributed by atoms with E-state index >= 15 is 0 Å². The first-order valence-corrected chi connectivity index (χ1v) is 14.0. The van der Waals surface area contributed by atoms with Crippen molar-refractivity contribution in [1.29, 1.82) is 0 Å². The van der Waals surface area contributed by atoms with Crippen LogP contribution in [-0.2, 0) is 16.1 Å². The van der Waals surface area contributed by atoms with Crippen molar-refractivity contribution in [1.82, 2.24) is 19.9 Å². The summed E-state index contributed by atoms with van der Waals surface area (Å²) in [4.78, 5) is 33.4. The van der Waals surface area contributed by atoms with E-state index in [-0.39, 0.29) is 37.0 Å². The molecule has 0 bridgehead atoms. The Labute approximate surface area is 242 Å². The Bertz CT molecular complexity index is 1580.